The third-order valence-electron chi connectivity index (χ3n) is 3.62. The van der Waals surface area contributed by atoms with Gasteiger partial charge in [0.1, 0.15) is 4.88 Å². The second-order valence-corrected chi connectivity index (χ2v) is 6.99. The zero-order valence-electron chi connectivity index (χ0n) is 13.5. The fourth-order valence-corrected chi connectivity index (χ4v) is 3.11. The van der Waals surface area contributed by atoms with Crippen LogP contribution in [0.3, 0.4) is 0 Å². The Labute approximate surface area is 135 Å². The molecule has 2 rings (SSSR count). The molecule has 0 aliphatic heterocycles. The lowest BCUT2D eigenvalue weighted by atomic mass is 9.99. The third kappa shape index (κ3) is 3.93. The van der Waals surface area contributed by atoms with Crippen molar-refractivity contribution in [2.45, 2.75) is 39.7 Å². The zero-order valence-corrected chi connectivity index (χ0v) is 14.3. The van der Waals surface area contributed by atoms with Crippen molar-refractivity contribution in [1.29, 1.82) is 0 Å². The van der Waals surface area contributed by atoms with E-state index in [0.29, 0.717) is 17.3 Å². The van der Waals surface area contributed by atoms with Crippen molar-refractivity contribution in [2.24, 2.45) is 5.73 Å². The van der Waals surface area contributed by atoms with Gasteiger partial charge in [0.2, 0.25) is 0 Å². The van der Waals surface area contributed by atoms with Crippen molar-refractivity contribution in [3.05, 3.63) is 51.0 Å². The van der Waals surface area contributed by atoms with Crippen LogP contribution in [-0.4, -0.2) is 17.4 Å². The van der Waals surface area contributed by atoms with Gasteiger partial charge in [-0.3, -0.25) is 4.79 Å². The van der Waals surface area contributed by atoms with E-state index >= 15 is 0 Å². The Hall–Kier alpha value is -1.72. The molecule has 5 heteroatoms. The number of aromatic nitrogens is 1. The highest BCUT2D eigenvalue weighted by molar-refractivity contribution is 7.13. The van der Waals surface area contributed by atoms with Gasteiger partial charge in [0.05, 0.1) is 10.7 Å². The molecule has 1 atom stereocenters. The molecule has 1 amide bonds. The van der Waals surface area contributed by atoms with Gasteiger partial charge in [0, 0.05) is 12.6 Å². The highest BCUT2D eigenvalue weighted by Crippen LogP contribution is 2.19. The number of hydrogen-bond acceptors (Lipinski definition) is 4. The number of carbonyl (C=O) groups excluding carboxylic acids is 1. The van der Waals surface area contributed by atoms with Gasteiger partial charge in [0.25, 0.3) is 5.91 Å². The number of aryl methyl sites for hydroxylation is 2. The summed E-state index contributed by atoms with van der Waals surface area (Å²) in [7, 11) is 0. The molecule has 0 spiro atoms. The summed E-state index contributed by atoms with van der Waals surface area (Å²) >= 11 is 1.41. The Morgan fingerprint density at radius 3 is 2.32 bits per heavy atom. The van der Waals surface area contributed by atoms with Crippen LogP contribution in [0.25, 0.3) is 0 Å². The van der Waals surface area contributed by atoms with Crippen molar-refractivity contribution in [1.82, 2.24) is 10.3 Å². The lowest BCUT2D eigenvalue weighted by Gasteiger charge is -2.14. The molecule has 2 aromatic rings. The molecule has 0 fully saturated rings. The number of rotatable bonds is 5. The number of nitrogens with one attached hydrogen (secondary N) is 1. The topological polar surface area (TPSA) is 68.0 Å². The summed E-state index contributed by atoms with van der Waals surface area (Å²) in [5.74, 6) is 0.403. The van der Waals surface area contributed by atoms with E-state index in [1.807, 2.05) is 26.0 Å². The molecule has 1 aromatic heterocycles. The predicted molar refractivity (Wildman–Crippen MR) is 91.4 cm³/mol. The zero-order chi connectivity index (χ0) is 16.3. The number of hydrogen-bond donors (Lipinski definition) is 2. The van der Waals surface area contributed by atoms with Crippen LogP contribution in [0, 0.1) is 13.8 Å². The smallest absolute Gasteiger partial charge is 0.263 e. The van der Waals surface area contributed by atoms with E-state index in [1.54, 1.807) is 0 Å². The molecule has 0 radical (unpaired) electrons. The number of benzene rings is 1. The van der Waals surface area contributed by atoms with Crippen molar-refractivity contribution in [3.8, 4) is 0 Å². The van der Waals surface area contributed by atoms with E-state index in [0.717, 1.165) is 16.3 Å². The summed E-state index contributed by atoms with van der Waals surface area (Å²) in [6, 6.07) is 8.05. The first-order valence-electron chi connectivity index (χ1n) is 7.46. The van der Waals surface area contributed by atoms with Gasteiger partial charge >= 0.3 is 0 Å². The summed E-state index contributed by atoms with van der Waals surface area (Å²) in [5, 5.41) is 3.79. The van der Waals surface area contributed by atoms with Gasteiger partial charge in [-0.2, -0.15) is 0 Å². The van der Waals surface area contributed by atoms with Gasteiger partial charge in [-0.05, 0) is 30.9 Å². The number of nitrogens with zero attached hydrogens (tertiary/aromatic N) is 1. The second kappa shape index (κ2) is 7.03. The average molecular weight is 317 g/mol. The molecule has 0 aliphatic rings. The Morgan fingerprint density at radius 2 is 1.82 bits per heavy atom. The summed E-state index contributed by atoms with van der Waals surface area (Å²) < 4.78 is 0. The van der Waals surface area contributed by atoms with Crippen LogP contribution >= 0.6 is 11.3 Å². The Balaban J connectivity index is 1.96. The highest BCUT2D eigenvalue weighted by Gasteiger charge is 2.15. The maximum absolute atomic E-state index is 12.2. The monoisotopic (exact) mass is 317 g/mol. The van der Waals surface area contributed by atoms with Gasteiger partial charge in [-0.1, -0.05) is 38.1 Å². The maximum atomic E-state index is 12.2. The van der Waals surface area contributed by atoms with Crippen molar-refractivity contribution in [3.63, 3.8) is 0 Å². The van der Waals surface area contributed by atoms with E-state index in [1.165, 1.54) is 16.9 Å². The van der Waals surface area contributed by atoms with Crippen LogP contribution in [0.5, 0.6) is 0 Å². The molecule has 1 unspecified atom stereocenters. The van der Waals surface area contributed by atoms with Crippen molar-refractivity contribution >= 4 is 17.2 Å². The number of thiazole rings is 1. The minimum atomic E-state index is -0.209. The fourth-order valence-electron chi connectivity index (χ4n) is 2.27. The molecule has 0 aliphatic carbocycles. The number of nitrogens with two attached hydrogens (primary N) is 1. The minimum Gasteiger partial charge on any atom is -0.349 e. The average Bonchev–Trinajstić information content (AvgIpc) is 2.83. The third-order valence-corrected chi connectivity index (χ3v) is 4.70. The first kappa shape index (κ1) is 16.6. The van der Waals surface area contributed by atoms with E-state index < -0.39 is 0 Å². The highest BCUT2D eigenvalue weighted by atomic mass is 32.1. The Morgan fingerprint density at radius 1 is 1.23 bits per heavy atom. The first-order valence-corrected chi connectivity index (χ1v) is 8.27. The first-order chi connectivity index (χ1) is 10.4. The van der Waals surface area contributed by atoms with E-state index in [2.05, 4.69) is 36.3 Å². The van der Waals surface area contributed by atoms with Crippen molar-refractivity contribution < 1.29 is 4.79 Å². The molecule has 0 saturated carbocycles. The summed E-state index contributed by atoms with van der Waals surface area (Å²) in [5.41, 5.74) is 9.25. The van der Waals surface area contributed by atoms with Gasteiger partial charge in [0.15, 0.2) is 0 Å². The molecule has 22 heavy (non-hydrogen) atoms. The standard InChI is InChI=1S/C17H23N3OS/c1-10(2)13-5-7-14(8-6-13)15(18)9-19-17(21)16-11(3)20-12(4)22-16/h5-8,10,15H,9,18H2,1-4H3,(H,19,21). The van der Waals surface area contributed by atoms with E-state index in [9.17, 15) is 4.79 Å². The Bertz CT molecular complexity index is 646. The summed E-state index contributed by atoms with van der Waals surface area (Å²) in [4.78, 5) is 17.1. The quantitative estimate of drug-likeness (QED) is 0.889. The molecule has 0 bridgehead atoms. The van der Waals surface area contributed by atoms with Crippen LogP contribution in [0.4, 0.5) is 0 Å². The molecule has 1 aromatic carbocycles. The van der Waals surface area contributed by atoms with Crippen LogP contribution in [0.15, 0.2) is 24.3 Å². The van der Waals surface area contributed by atoms with Crippen LogP contribution in [0.1, 0.15) is 57.3 Å². The van der Waals surface area contributed by atoms with Crippen LogP contribution in [0.2, 0.25) is 0 Å². The van der Waals surface area contributed by atoms with Gasteiger partial charge < -0.3 is 11.1 Å². The molecular formula is C17H23N3OS. The Kier molecular flexibility index (Phi) is 5.32. The minimum absolute atomic E-state index is 0.0997. The molecule has 1 heterocycles. The number of amides is 1. The van der Waals surface area contributed by atoms with Gasteiger partial charge in [-0.25, -0.2) is 4.98 Å². The number of carbonyl (C=O) groups is 1. The lowest BCUT2D eigenvalue weighted by molar-refractivity contribution is 0.0954. The lowest BCUT2D eigenvalue weighted by Crippen LogP contribution is -2.31. The summed E-state index contributed by atoms with van der Waals surface area (Å²) in [6.45, 7) is 8.48. The SMILES string of the molecule is Cc1nc(C)c(C(=O)NCC(N)c2ccc(C(C)C)cc2)s1. The summed E-state index contributed by atoms with van der Waals surface area (Å²) in [6.07, 6.45) is 0. The second-order valence-electron chi connectivity index (χ2n) is 5.79. The molecule has 118 valence electrons. The van der Waals surface area contributed by atoms with Crippen molar-refractivity contribution in [2.75, 3.05) is 6.54 Å². The molecule has 0 saturated heterocycles. The van der Waals surface area contributed by atoms with Crippen LogP contribution < -0.4 is 11.1 Å². The normalized spacial score (nSPS) is 12.5. The molecular weight excluding hydrogens is 294 g/mol. The largest absolute Gasteiger partial charge is 0.349 e. The fraction of sp³-hybridized carbons (Fsp3) is 0.412. The molecule has 4 nitrogen and oxygen atoms in total. The predicted octanol–water partition coefficient (Wildman–Crippen LogP) is 3.31. The molecule has 3 N–H and O–H groups in total. The van der Waals surface area contributed by atoms with Gasteiger partial charge in [-0.15, -0.1) is 11.3 Å². The van der Waals surface area contributed by atoms with E-state index in [4.69, 9.17) is 5.73 Å². The maximum Gasteiger partial charge on any atom is 0.263 e. The van der Waals surface area contributed by atoms with E-state index in [-0.39, 0.29) is 11.9 Å². The van der Waals surface area contributed by atoms with Crippen LogP contribution in [-0.2, 0) is 0 Å².